The van der Waals surface area contributed by atoms with Crippen LogP contribution < -0.4 is 0 Å². The van der Waals surface area contributed by atoms with Gasteiger partial charge in [-0.2, -0.15) is 4.89 Å². The molecule has 1 rings (SSSR count). The maximum Gasteiger partial charge on any atom is 0.217 e. The molecule has 1 aromatic carbocycles. The molecule has 0 saturated heterocycles. The molecule has 0 radical (unpaired) electrons. The second kappa shape index (κ2) is 7.52. The highest BCUT2D eigenvalue weighted by molar-refractivity contribution is 5.15. The summed E-state index contributed by atoms with van der Waals surface area (Å²) in [6.07, 6.45) is 1.65. The number of ether oxygens (including phenoxy) is 1. The van der Waals surface area contributed by atoms with Crippen LogP contribution in [0, 0.1) is 0 Å². The van der Waals surface area contributed by atoms with Crippen molar-refractivity contribution in [2.75, 3.05) is 6.61 Å². The van der Waals surface area contributed by atoms with E-state index in [-0.39, 0.29) is 5.60 Å². The topological polar surface area (TPSA) is 27.7 Å². The molecule has 0 bridgehead atoms. The van der Waals surface area contributed by atoms with Crippen LogP contribution in [0.1, 0.15) is 52.4 Å². The smallest absolute Gasteiger partial charge is 0.217 e. The van der Waals surface area contributed by atoms with E-state index in [1.54, 1.807) is 0 Å². The molecule has 0 fully saturated rings. The lowest BCUT2D eigenvalue weighted by molar-refractivity contribution is -0.420. The Kier molecular flexibility index (Phi) is 6.33. The van der Waals surface area contributed by atoms with Crippen molar-refractivity contribution in [1.82, 2.24) is 0 Å². The minimum absolute atomic E-state index is 0.346. The third-order valence-corrected chi connectivity index (χ3v) is 2.22. The lowest BCUT2D eigenvalue weighted by Crippen LogP contribution is -2.22. The third-order valence-electron chi connectivity index (χ3n) is 2.22. The van der Waals surface area contributed by atoms with Gasteiger partial charge >= 0.3 is 0 Å². The molecule has 0 N–H and O–H groups in total. The van der Waals surface area contributed by atoms with E-state index in [0.29, 0.717) is 6.61 Å². The molecule has 0 heterocycles. The Morgan fingerprint density at radius 1 is 1.11 bits per heavy atom. The molecule has 0 spiro atoms. The monoisotopic (exact) mass is 252 g/mol. The average Bonchev–Trinajstić information content (AvgIpc) is 2.33. The minimum Gasteiger partial charge on any atom is -0.346 e. The Bertz CT molecular complexity index is 316. The zero-order valence-electron chi connectivity index (χ0n) is 11.8. The zero-order chi connectivity index (χ0) is 13.4. The van der Waals surface area contributed by atoms with E-state index in [4.69, 9.17) is 14.5 Å². The van der Waals surface area contributed by atoms with Crippen molar-refractivity contribution in [1.29, 1.82) is 0 Å². The average molecular weight is 252 g/mol. The van der Waals surface area contributed by atoms with E-state index >= 15 is 0 Å². The lowest BCUT2D eigenvalue weighted by Gasteiger charge is -2.23. The second-order valence-corrected chi connectivity index (χ2v) is 5.26. The van der Waals surface area contributed by atoms with Gasteiger partial charge in [0.15, 0.2) is 0 Å². The first-order valence-electron chi connectivity index (χ1n) is 6.54. The van der Waals surface area contributed by atoms with Crippen LogP contribution in [-0.4, -0.2) is 12.2 Å². The fraction of sp³-hybridized carbons (Fsp3) is 0.600. The summed E-state index contributed by atoms with van der Waals surface area (Å²) in [5, 5.41) is 0. The van der Waals surface area contributed by atoms with E-state index in [9.17, 15) is 0 Å². The van der Waals surface area contributed by atoms with Gasteiger partial charge in [0, 0.05) is 5.56 Å². The summed E-state index contributed by atoms with van der Waals surface area (Å²) >= 11 is 0. The van der Waals surface area contributed by atoms with Crippen LogP contribution >= 0.6 is 0 Å². The molecule has 18 heavy (non-hydrogen) atoms. The van der Waals surface area contributed by atoms with Gasteiger partial charge in [-0.15, -0.1) is 0 Å². The van der Waals surface area contributed by atoms with Crippen LogP contribution in [0.25, 0.3) is 0 Å². The van der Waals surface area contributed by atoms with Crippen molar-refractivity contribution in [3.05, 3.63) is 35.9 Å². The molecular formula is C15H24O3. The summed E-state index contributed by atoms with van der Waals surface area (Å²) in [5.41, 5.74) is 0.624. The maximum atomic E-state index is 5.72. The lowest BCUT2D eigenvalue weighted by atomic mass is 10.2. The Morgan fingerprint density at radius 3 is 2.33 bits per heavy atom. The van der Waals surface area contributed by atoms with Crippen molar-refractivity contribution < 1.29 is 14.5 Å². The van der Waals surface area contributed by atoms with E-state index in [1.807, 2.05) is 51.1 Å². The maximum absolute atomic E-state index is 5.72. The van der Waals surface area contributed by atoms with Gasteiger partial charge in [-0.05, 0) is 27.2 Å². The largest absolute Gasteiger partial charge is 0.346 e. The first-order valence-corrected chi connectivity index (χ1v) is 6.54. The molecule has 1 aromatic rings. The Balaban J connectivity index is 2.58. The van der Waals surface area contributed by atoms with E-state index in [2.05, 4.69) is 6.92 Å². The zero-order valence-corrected chi connectivity index (χ0v) is 11.8. The molecule has 0 amide bonds. The Labute approximate surface area is 110 Å². The molecule has 0 aromatic heterocycles. The van der Waals surface area contributed by atoms with E-state index < -0.39 is 6.29 Å². The van der Waals surface area contributed by atoms with Crippen molar-refractivity contribution in [2.24, 2.45) is 0 Å². The van der Waals surface area contributed by atoms with Gasteiger partial charge in [0.2, 0.25) is 6.29 Å². The molecule has 3 nitrogen and oxygen atoms in total. The number of unbranched alkanes of at least 4 members (excludes halogenated alkanes) is 1. The number of hydrogen-bond donors (Lipinski definition) is 0. The van der Waals surface area contributed by atoms with E-state index in [0.717, 1.165) is 18.4 Å². The van der Waals surface area contributed by atoms with Gasteiger partial charge in [-0.3, -0.25) is 0 Å². The Hall–Kier alpha value is -0.900. The number of rotatable bonds is 7. The summed E-state index contributed by atoms with van der Waals surface area (Å²) in [6.45, 7) is 8.64. The molecule has 0 saturated carbocycles. The van der Waals surface area contributed by atoms with Crippen molar-refractivity contribution in [2.45, 2.75) is 52.4 Å². The van der Waals surface area contributed by atoms with Gasteiger partial charge in [-0.1, -0.05) is 43.7 Å². The van der Waals surface area contributed by atoms with Gasteiger partial charge in [0.25, 0.3) is 0 Å². The number of benzene rings is 1. The highest BCUT2D eigenvalue weighted by atomic mass is 17.2. The summed E-state index contributed by atoms with van der Waals surface area (Å²) < 4.78 is 5.72. The van der Waals surface area contributed by atoms with Crippen LogP contribution in [0.5, 0.6) is 0 Å². The molecule has 0 aliphatic heterocycles. The predicted molar refractivity (Wildman–Crippen MR) is 72.0 cm³/mol. The van der Waals surface area contributed by atoms with Gasteiger partial charge in [-0.25, -0.2) is 4.89 Å². The molecule has 1 unspecified atom stereocenters. The molecule has 102 valence electrons. The van der Waals surface area contributed by atoms with Crippen LogP contribution in [0.3, 0.4) is 0 Å². The quantitative estimate of drug-likeness (QED) is 0.314. The Morgan fingerprint density at radius 2 is 1.78 bits per heavy atom. The summed E-state index contributed by atoms with van der Waals surface area (Å²) in [6, 6.07) is 9.85. The van der Waals surface area contributed by atoms with Crippen LogP contribution in [-0.2, 0) is 14.5 Å². The molecule has 0 aliphatic rings. The van der Waals surface area contributed by atoms with Gasteiger partial charge in [0.05, 0.1) is 12.2 Å². The van der Waals surface area contributed by atoms with Gasteiger partial charge in [0.1, 0.15) is 0 Å². The van der Waals surface area contributed by atoms with Gasteiger partial charge < -0.3 is 4.74 Å². The van der Waals surface area contributed by atoms with Crippen molar-refractivity contribution in [3.63, 3.8) is 0 Å². The SMILES string of the molecule is CCCCOC(OOC(C)(C)C)c1ccccc1. The van der Waals surface area contributed by atoms with Crippen LogP contribution in [0.4, 0.5) is 0 Å². The highest BCUT2D eigenvalue weighted by Crippen LogP contribution is 2.22. The normalized spacial score (nSPS) is 13.6. The molecule has 3 heteroatoms. The third kappa shape index (κ3) is 6.15. The van der Waals surface area contributed by atoms with Crippen LogP contribution in [0.15, 0.2) is 30.3 Å². The first-order chi connectivity index (χ1) is 8.53. The number of hydrogen-bond acceptors (Lipinski definition) is 3. The van der Waals surface area contributed by atoms with Crippen LogP contribution in [0.2, 0.25) is 0 Å². The second-order valence-electron chi connectivity index (χ2n) is 5.26. The molecular weight excluding hydrogens is 228 g/mol. The van der Waals surface area contributed by atoms with Crippen molar-refractivity contribution in [3.8, 4) is 0 Å². The fourth-order valence-electron chi connectivity index (χ4n) is 1.31. The molecule has 1 atom stereocenters. The predicted octanol–water partition coefficient (Wildman–Crippen LogP) is 4.25. The highest BCUT2D eigenvalue weighted by Gasteiger charge is 2.18. The summed E-state index contributed by atoms with van der Waals surface area (Å²) in [4.78, 5) is 10.8. The first kappa shape index (κ1) is 15.2. The van der Waals surface area contributed by atoms with E-state index in [1.165, 1.54) is 0 Å². The van der Waals surface area contributed by atoms with Crippen molar-refractivity contribution >= 4 is 0 Å². The fourth-order valence-corrected chi connectivity index (χ4v) is 1.31. The summed E-state index contributed by atoms with van der Waals surface area (Å²) in [7, 11) is 0. The summed E-state index contributed by atoms with van der Waals surface area (Å²) in [5.74, 6) is 0. The standard InChI is InChI=1S/C15H24O3/c1-5-6-12-16-14(17-18-15(2,3)4)13-10-8-7-9-11-13/h7-11,14H,5-6,12H2,1-4H3. The minimum atomic E-state index is -0.461. The molecule has 0 aliphatic carbocycles.